The quantitative estimate of drug-likeness (QED) is 0.331. The van der Waals surface area contributed by atoms with Crippen LogP contribution < -0.4 is 0 Å². The van der Waals surface area contributed by atoms with E-state index in [4.69, 9.17) is 9.40 Å². The smallest absolute Gasteiger partial charge is 0.0573 e. The number of benzene rings is 2. The molecule has 2 aromatic carbocycles. The Morgan fingerprint density at radius 1 is 0.864 bits per heavy atom. The van der Waals surface area contributed by atoms with Gasteiger partial charge in [-0.1, -0.05) is 42.5 Å². The number of pyridine rings is 1. The van der Waals surface area contributed by atoms with Crippen molar-refractivity contribution in [2.45, 2.75) is 0 Å². The van der Waals surface area contributed by atoms with Crippen LogP contribution in [0.1, 0.15) is 0 Å². The van der Waals surface area contributed by atoms with Gasteiger partial charge in [-0.15, -0.1) is 12.1 Å². The summed E-state index contributed by atoms with van der Waals surface area (Å²) in [4.78, 5) is 4.74. The first-order valence-electron chi connectivity index (χ1n) is 6.91. The molecule has 0 N–H and O–H groups in total. The maximum absolute atomic E-state index is 5.45. The van der Waals surface area contributed by atoms with E-state index in [9.17, 15) is 0 Å². The van der Waals surface area contributed by atoms with Crippen molar-refractivity contribution in [1.29, 1.82) is 0 Å². The SMILES string of the molecule is [Ir].[c-]1ccoc1-c1cc2c3c(cccc3n1)-c1ccccc1-2. The third kappa shape index (κ3) is 1.73. The molecule has 107 valence electrons. The van der Waals surface area contributed by atoms with Crippen LogP contribution in [0, 0.1) is 6.07 Å². The van der Waals surface area contributed by atoms with Crippen molar-refractivity contribution in [3.63, 3.8) is 0 Å². The summed E-state index contributed by atoms with van der Waals surface area (Å²) in [7, 11) is 0. The summed E-state index contributed by atoms with van der Waals surface area (Å²) >= 11 is 0. The molecule has 0 unspecified atom stereocenters. The van der Waals surface area contributed by atoms with E-state index >= 15 is 0 Å². The second kappa shape index (κ2) is 4.91. The number of hydrogen-bond donors (Lipinski definition) is 0. The van der Waals surface area contributed by atoms with E-state index in [0.717, 1.165) is 11.2 Å². The number of aromatic nitrogens is 1. The van der Waals surface area contributed by atoms with Gasteiger partial charge in [0.25, 0.3) is 0 Å². The molecule has 0 saturated heterocycles. The first kappa shape index (κ1) is 13.4. The van der Waals surface area contributed by atoms with E-state index in [1.807, 2.05) is 0 Å². The molecule has 0 spiro atoms. The van der Waals surface area contributed by atoms with Crippen molar-refractivity contribution in [3.05, 3.63) is 66.9 Å². The van der Waals surface area contributed by atoms with Crippen LogP contribution in [0.2, 0.25) is 0 Å². The van der Waals surface area contributed by atoms with Gasteiger partial charge in [0.1, 0.15) is 0 Å². The Hall–Kier alpha value is -2.22. The Bertz CT molecular complexity index is 990. The molecule has 22 heavy (non-hydrogen) atoms. The van der Waals surface area contributed by atoms with Crippen LogP contribution in [0.15, 0.2) is 65.3 Å². The first-order chi connectivity index (χ1) is 10.4. The van der Waals surface area contributed by atoms with Crippen molar-refractivity contribution in [1.82, 2.24) is 4.98 Å². The molecule has 4 aromatic rings. The largest absolute Gasteiger partial charge is 0.545 e. The van der Waals surface area contributed by atoms with E-state index < -0.39 is 0 Å². The van der Waals surface area contributed by atoms with Crippen LogP contribution in [-0.2, 0) is 20.1 Å². The standard InChI is InChI=1S/C19H10NO.Ir/c1-2-6-13-12(5-1)14-7-3-8-16-19(14)15(13)11-17(20-16)18-9-4-10-21-18;/h1-8,10-11H;/q-1;. The van der Waals surface area contributed by atoms with Crippen LogP contribution in [0.5, 0.6) is 0 Å². The van der Waals surface area contributed by atoms with Crippen LogP contribution in [0.3, 0.4) is 0 Å². The average molecular weight is 461 g/mol. The number of rotatable bonds is 1. The van der Waals surface area contributed by atoms with E-state index in [0.29, 0.717) is 5.76 Å². The maximum atomic E-state index is 5.45. The van der Waals surface area contributed by atoms with E-state index in [2.05, 4.69) is 54.6 Å². The summed E-state index contributed by atoms with van der Waals surface area (Å²) in [5.74, 6) is 0.683. The van der Waals surface area contributed by atoms with Gasteiger partial charge in [-0.3, -0.25) is 0 Å². The summed E-state index contributed by atoms with van der Waals surface area (Å²) in [5, 5.41) is 1.23. The van der Waals surface area contributed by atoms with Gasteiger partial charge in [0, 0.05) is 36.9 Å². The minimum Gasteiger partial charge on any atom is -0.545 e. The average Bonchev–Trinajstić information content (AvgIpc) is 3.16. The Labute approximate surface area is 141 Å². The summed E-state index contributed by atoms with van der Waals surface area (Å²) in [5.41, 5.74) is 6.86. The monoisotopic (exact) mass is 461 g/mol. The minimum atomic E-state index is 0. The zero-order valence-corrected chi connectivity index (χ0v) is 13.9. The molecule has 3 heteroatoms. The molecular formula is C19H10IrNO-. The normalized spacial score (nSPS) is 11.3. The van der Waals surface area contributed by atoms with Crippen molar-refractivity contribution in [2.75, 3.05) is 0 Å². The van der Waals surface area contributed by atoms with Gasteiger partial charge in [-0.2, -0.15) is 0 Å². The third-order valence-corrected chi connectivity index (χ3v) is 4.04. The molecule has 2 heterocycles. The predicted molar refractivity (Wildman–Crippen MR) is 82.7 cm³/mol. The molecule has 0 atom stereocenters. The van der Waals surface area contributed by atoms with E-state index in [1.54, 1.807) is 12.3 Å². The summed E-state index contributed by atoms with van der Waals surface area (Å²) in [6.45, 7) is 0. The molecule has 2 nitrogen and oxygen atoms in total. The van der Waals surface area contributed by atoms with E-state index in [-0.39, 0.29) is 20.1 Å². The summed E-state index contributed by atoms with van der Waals surface area (Å²) in [6, 6.07) is 21.7. The van der Waals surface area contributed by atoms with Crippen LogP contribution in [0.25, 0.3) is 44.6 Å². The van der Waals surface area contributed by atoms with Crippen molar-refractivity contribution < 1.29 is 24.5 Å². The number of nitrogens with zero attached hydrogens (tertiary/aromatic N) is 1. The summed E-state index contributed by atoms with van der Waals surface area (Å²) < 4.78 is 5.45. The topological polar surface area (TPSA) is 26.0 Å². The molecule has 0 aliphatic heterocycles. The second-order valence-corrected chi connectivity index (χ2v) is 5.19. The Kier molecular flexibility index (Phi) is 3.00. The maximum Gasteiger partial charge on any atom is 0.0573 e. The Morgan fingerprint density at radius 3 is 2.41 bits per heavy atom. The van der Waals surface area contributed by atoms with Crippen LogP contribution >= 0.6 is 0 Å². The Balaban J connectivity index is 0.00000125. The minimum absolute atomic E-state index is 0. The molecule has 0 amide bonds. The Morgan fingerprint density at radius 2 is 1.64 bits per heavy atom. The fourth-order valence-corrected chi connectivity index (χ4v) is 3.17. The second-order valence-electron chi connectivity index (χ2n) is 5.19. The van der Waals surface area contributed by atoms with Gasteiger partial charge in [0.2, 0.25) is 0 Å². The predicted octanol–water partition coefficient (Wildman–Crippen LogP) is 4.94. The molecule has 1 aliphatic rings. The van der Waals surface area contributed by atoms with Gasteiger partial charge in [0.05, 0.1) is 5.52 Å². The van der Waals surface area contributed by atoms with Gasteiger partial charge in [-0.25, -0.2) is 0 Å². The molecule has 1 aliphatic carbocycles. The van der Waals surface area contributed by atoms with Gasteiger partial charge < -0.3 is 9.40 Å². The summed E-state index contributed by atoms with van der Waals surface area (Å²) in [6.07, 6.45) is 1.63. The molecule has 0 bridgehead atoms. The first-order valence-corrected chi connectivity index (χ1v) is 6.91. The van der Waals surface area contributed by atoms with Crippen LogP contribution in [-0.4, -0.2) is 4.98 Å². The van der Waals surface area contributed by atoms with Crippen LogP contribution in [0.4, 0.5) is 0 Å². The molecule has 5 rings (SSSR count). The van der Waals surface area contributed by atoms with Crippen molar-refractivity contribution >= 4 is 10.9 Å². The van der Waals surface area contributed by atoms with Gasteiger partial charge >= 0.3 is 0 Å². The number of hydrogen-bond acceptors (Lipinski definition) is 2. The fourth-order valence-electron chi connectivity index (χ4n) is 3.17. The molecule has 0 saturated carbocycles. The molecule has 0 fully saturated rings. The molecular weight excluding hydrogens is 450 g/mol. The number of fused-ring (bicyclic) bond motifs is 3. The zero-order valence-electron chi connectivity index (χ0n) is 11.5. The molecule has 1 radical (unpaired) electrons. The van der Waals surface area contributed by atoms with E-state index in [1.165, 1.54) is 27.6 Å². The fraction of sp³-hybridized carbons (Fsp3) is 0. The van der Waals surface area contributed by atoms with Gasteiger partial charge in [-0.05, 0) is 34.6 Å². The zero-order chi connectivity index (χ0) is 13.8. The molecule has 2 aromatic heterocycles. The van der Waals surface area contributed by atoms with Gasteiger partial charge in [0.15, 0.2) is 0 Å². The van der Waals surface area contributed by atoms with Crippen molar-refractivity contribution in [2.24, 2.45) is 0 Å². The number of furan rings is 1. The third-order valence-electron chi connectivity index (χ3n) is 4.04. The van der Waals surface area contributed by atoms with Crippen molar-refractivity contribution in [3.8, 4) is 33.7 Å².